The summed E-state index contributed by atoms with van der Waals surface area (Å²) in [6.07, 6.45) is 4.55. The van der Waals surface area contributed by atoms with E-state index in [1.54, 1.807) is 6.20 Å². The maximum atomic E-state index is 11.8. The molecule has 0 aliphatic carbocycles. The molecule has 3 rings (SSSR count). The average molecular weight is 341 g/mol. The number of benzene rings is 1. The van der Waals surface area contributed by atoms with Gasteiger partial charge >= 0.3 is 0 Å². The molecule has 1 amide bonds. The van der Waals surface area contributed by atoms with Crippen molar-refractivity contribution in [1.29, 1.82) is 0 Å². The Hall–Kier alpha value is -2.31. The lowest BCUT2D eigenvalue weighted by atomic mass is 10.1. The van der Waals surface area contributed by atoms with Gasteiger partial charge in [-0.3, -0.25) is 4.79 Å². The van der Waals surface area contributed by atoms with Gasteiger partial charge in [0.05, 0.1) is 18.4 Å². The van der Waals surface area contributed by atoms with Gasteiger partial charge < -0.3 is 14.8 Å². The standard InChI is InChI=1S/C19H23N3O3/c23-19(14-24-13-16-7-4-12-25-16)21-11-9-18-20-10-8-17(22-18)15-5-2-1-3-6-15/h1-3,5-6,8,10,16H,4,7,9,11-14H2,(H,21,23)/t16-/m1/s1. The van der Waals surface area contributed by atoms with Crippen LogP contribution in [0, 0.1) is 0 Å². The van der Waals surface area contributed by atoms with Gasteiger partial charge in [0.1, 0.15) is 12.4 Å². The lowest BCUT2D eigenvalue weighted by Crippen LogP contribution is -2.31. The molecule has 1 N–H and O–H groups in total. The van der Waals surface area contributed by atoms with Crippen molar-refractivity contribution in [2.45, 2.75) is 25.4 Å². The molecule has 0 saturated carbocycles. The molecule has 1 atom stereocenters. The first-order valence-corrected chi connectivity index (χ1v) is 8.64. The smallest absolute Gasteiger partial charge is 0.246 e. The number of hydrogen-bond donors (Lipinski definition) is 1. The fourth-order valence-corrected chi connectivity index (χ4v) is 2.71. The van der Waals surface area contributed by atoms with E-state index in [2.05, 4.69) is 15.3 Å². The lowest BCUT2D eigenvalue weighted by molar-refractivity contribution is -0.126. The van der Waals surface area contributed by atoms with Gasteiger partial charge in [-0.2, -0.15) is 0 Å². The Bertz CT molecular complexity index is 673. The van der Waals surface area contributed by atoms with Crippen LogP contribution in [0.5, 0.6) is 0 Å². The normalized spacial score (nSPS) is 16.7. The highest BCUT2D eigenvalue weighted by atomic mass is 16.5. The first kappa shape index (κ1) is 17.5. The van der Waals surface area contributed by atoms with E-state index < -0.39 is 0 Å². The van der Waals surface area contributed by atoms with Crippen molar-refractivity contribution >= 4 is 5.91 Å². The first-order valence-electron chi connectivity index (χ1n) is 8.64. The Balaban J connectivity index is 1.39. The summed E-state index contributed by atoms with van der Waals surface area (Å²) in [5.74, 6) is 0.583. The Morgan fingerprint density at radius 1 is 1.28 bits per heavy atom. The van der Waals surface area contributed by atoms with Gasteiger partial charge in [-0.15, -0.1) is 0 Å². The lowest BCUT2D eigenvalue weighted by Gasteiger charge is -2.10. The molecule has 1 saturated heterocycles. The molecule has 0 bridgehead atoms. The number of amides is 1. The van der Waals surface area contributed by atoms with Crippen LogP contribution in [0.4, 0.5) is 0 Å². The number of nitrogens with zero attached hydrogens (tertiary/aromatic N) is 2. The SMILES string of the molecule is O=C(COC[C@H]1CCCO1)NCCc1nccc(-c2ccccc2)n1. The topological polar surface area (TPSA) is 73.3 Å². The Morgan fingerprint density at radius 2 is 2.16 bits per heavy atom. The molecule has 132 valence electrons. The third-order valence-corrected chi connectivity index (χ3v) is 4.01. The molecule has 1 aliphatic rings. The minimum atomic E-state index is -0.128. The van der Waals surface area contributed by atoms with E-state index >= 15 is 0 Å². The molecular weight excluding hydrogens is 318 g/mol. The zero-order valence-electron chi connectivity index (χ0n) is 14.2. The maximum Gasteiger partial charge on any atom is 0.246 e. The van der Waals surface area contributed by atoms with E-state index in [4.69, 9.17) is 9.47 Å². The van der Waals surface area contributed by atoms with Crippen molar-refractivity contribution in [3.05, 3.63) is 48.4 Å². The van der Waals surface area contributed by atoms with Gasteiger partial charge in [0, 0.05) is 31.3 Å². The highest BCUT2D eigenvalue weighted by molar-refractivity contribution is 5.77. The molecule has 2 aromatic rings. The van der Waals surface area contributed by atoms with Crippen molar-refractivity contribution in [3.8, 4) is 11.3 Å². The van der Waals surface area contributed by atoms with Gasteiger partial charge in [-0.25, -0.2) is 9.97 Å². The molecule has 2 heterocycles. The van der Waals surface area contributed by atoms with Crippen LogP contribution in [-0.2, 0) is 20.7 Å². The second kappa shape index (κ2) is 9.25. The molecule has 0 radical (unpaired) electrons. The molecule has 1 aliphatic heterocycles. The molecule has 6 heteroatoms. The van der Waals surface area contributed by atoms with E-state index in [0.717, 1.165) is 30.7 Å². The summed E-state index contributed by atoms with van der Waals surface area (Å²) in [5, 5.41) is 2.83. The molecule has 1 fully saturated rings. The van der Waals surface area contributed by atoms with Crippen molar-refractivity contribution in [1.82, 2.24) is 15.3 Å². The van der Waals surface area contributed by atoms with E-state index in [0.29, 0.717) is 25.4 Å². The van der Waals surface area contributed by atoms with E-state index in [1.165, 1.54) is 0 Å². The third kappa shape index (κ3) is 5.62. The van der Waals surface area contributed by atoms with Crippen LogP contribution < -0.4 is 5.32 Å². The second-order valence-corrected chi connectivity index (χ2v) is 5.97. The number of aromatic nitrogens is 2. The summed E-state index contributed by atoms with van der Waals surface area (Å²) in [4.78, 5) is 20.6. The highest BCUT2D eigenvalue weighted by Gasteiger charge is 2.15. The molecule has 6 nitrogen and oxygen atoms in total. The molecule has 1 aromatic carbocycles. The Morgan fingerprint density at radius 3 is 2.96 bits per heavy atom. The van der Waals surface area contributed by atoms with Crippen LogP contribution >= 0.6 is 0 Å². The molecular formula is C19H23N3O3. The quantitative estimate of drug-likeness (QED) is 0.795. The summed E-state index contributed by atoms with van der Waals surface area (Å²) >= 11 is 0. The zero-order chi connectivity index (χ0) is 17.3. The van der Waals surface area contributed by atoms with Crippen LogP contribution in [0.2, 0.25) is 0 Å². The van der Waals surface area contributed by atoms with E-state index in [9.17, 15) is 4.79 Å². The van der Waals surface area contributed by atoms with Gasteiger partial charge in [0.25, 0.3) is 0 Å². The summed E-state index contributed by atoms with van der Waals surface area (Å²) in [6, 6.07) is 11.8. The van der Waals surface area contributed by atoms with Crippen molar-refractivity contribution in [3.63, 3.8) is 0 Å². The Kier molecular flexibility index (Phi) is 6.48. The number of carbonyl (C=O) groups excluding carboxylic acids is 1. The van der Waals surface area contributed by atoms with Crippen molar-refractivity contribution in [2.75, 3.05) is 26.4 Å². The fraction of sp³-hybridized carbons (Fsp3) is 0.421. The minimum Gasteiger partial charge on any atom is -0.376 e. The largest absolute Gasteiger partial charge is 0.376 e. The van der Waals surface area contributed by atoms with Crippen LogP contribution in [0.3, 0.4) is 0 Å². The number of ether oxygens (including phenoxy) is 2. The van der Waals surface area contributed by atoms with Crippen LogP contribution in [0.15, 0.2) is 42.6 Å². The van der Waals surface area contributed by atoms with Crippen molar-refractivity contribution < 1.29 is 14.3 Å². The second-order valence-electron chi connectivity index (χ2n) is 5.97. The molecule has 25 heavy (non-hydrogen) atoms. The molecule has 0 unspecified atom stereocenters. The first-order chi connectivity index (χ1) is 12.3. The monoisotopic (exact) mass is 341 g/mol. The minimum absolute atomic E-state index is 0.0603. The van der Waals surface area contributed by atoms with E-state index in [-0.39, 0.29) is 18.6 Å². The predicted octanol–water partition coefficient (Wildman–Crippen LogP) is 2.00. The summed E-state index contributed by atoms with van der Waals surface area (Å²) < 4.78 is 10.8. The Labute approximate surface area is 147 Å². The van der Waals surface area contributed by atoms with E-state index in [1.807, 2.05) is 36.4 Å². The molecule has 1 aromatic heterocycles. The number of nitrogens with one attached hydrogen (secondary N) is 1. The number of carbonyl (C=O) groups is 1. The van der Waals surface area contributed by atoms with Crippen LogP contribution in [0.1, 0.15) is 18.7 Å². The third-order valence-electron chi connectivity index (χ3n) is 4.01. The number of rotatable bonds is 8. The van der Waals surface area contributed by atoms with Crippen molar-refractivity contribution in [2.24, 2.45) is 0 Å². The van der Waals surface area contributed by atoms with Gasteiger partial charge in [-0.1, -0.05) is 30.3 Å². The van der Waals surface area contributed by atoms with Gasteiger partial charge in [0.15, 0.2) is 0 Å². The average Bonchev–Trinajstić information content (AvgIpc) is 3.16. The van der Waals surface area contributed by atoms with Gasteiger partial charge in [-0.05, 0) is 18.9 Å². The zero-order valence-corrected chi connectivity index (χ0v) is 14.2. The van der Waals surface area contributed by atoms with Gasteiger partial charge in [0.2, 0.25) is 5.91 Å². The molecule has 0 spiro atoms. The number of hydrogen-bond acceptors (Lipinski definition) is 5. The predicted molar refractivity (Wildman–Crippen MR) is 94.0 cm³/mol. The fourth-order valence-electron chi connectivity index (χ4n) is 2.71. The summed E-state index contributed by atoms with van der Waals surface area (Å²) in [6.45, 7) is 1.82. The summed E-state index contributed by atoms with van der Waals surface area (Å²) in [5.41, 5.74) is 1.94. The maximum absolute atomic E-state index is 11.8. The summed E-state index contributed by atoms with van der Waals surface area (Å²) in [7, 11) is 0. The van der Waals surface area contributed by atoms with Crippen LogP contribution in [-0.4, -0.2) is 48.3 Å². The van der Waals surface area contributed by atoms with Crippen LogP contribution in [0.25, 0.3) is 11.3 Å². The highest BCUT2D eigenvalue weighted by Crippen LogP contribution is 2.15.